The van der Waals surface area contributed by atoms with Crippen LogP contribution in [-0.2, 0) is 4.74 Å². The van der Waals surface area contributed by atoms with Crippen LogP contribution in [0.15, 0.2) is 48.5 Å². The first-order chi connectivity index (χ1) is 17.4. The van der Waals surface area contributed by atoms with E-state index in [1.807, 2.05) is 0 Å². The van der Waals surface area contributed by atoms with Crippen LogP contribution in [0.2, 0.25) is 0 Å². The molecule has 3 nitrogen and oxygen atoms in total. The molecule has 188 valence electrons. The lowest BCUT2D eigenvalue weighted by Crippen LogP contribution is -2.14. The van der Waals surface area contributed by atoms with Crippen molar-refractivity contribution < 1.29 is 31.8 Å². The van der Waals surface area contributed by atoms with E-state index in [4.69, 9.17) is 9.47 Å². The maximum Gasteiger partial charge on any atom is 0.346 e. The molecule has 1 aliphatic heterocycles. The topological polar surface area (TPSA) is 38.8 Å². The van der Waals surface area contributed by atoms with Crippen LogP contribution in [0.25, 0.3) is 11.1 Å². The van der Waals surface area contributed by atoms with Gasteiger partial charge in [0, 0.05) is 11.1 Å². The van der Waals surface area contributed by atoms with E-state index >= 15 is 4.39 Å². The monoisotopic (exact) mass is 498 g/mol. The van der Waals surface area contributed by atoms with E-state index in [2.05, 4.69) is 6.92 Å². The van der Waals surface area contributed by atoms with Crippen LogP contribution >= 0.6 is 0 Å². The minimum Gasteiger partial charge on any atom is -0.423 e. The van der Waals surface area contributed by atoms with Crippen molar-refractivity contribution in [2.75, 3.05) is 6.61 Å². The Morgan fingerprint density at radius 3 is 2.11 bits per heavy atom. The molecule has 2 fully saturated rings. The molecule has 3 aromatic carbocycles. The lowest BCUT2D eigenvalue weighted by atomic mass is 9.77. The number of hydrogen-bond acceptors (Lipinski definition) is 3. The molecule has 36 heavy (non-hydrogen) atoms. The molecule has 3 aromatic rings. The van der Waals surface area contributed by atoms with Crippen LogP contribution in [0.4, 0.5) is 17.6 Å². The lowest BCUT2D eigenvalue weighted by Gasteiger charge is -2.28. The molecule has 1 aliphatic carbocycles. The van der Waals surface area contributed by atoms with Crippen molar-refractivity contribution in [2.45, 2.75) is 51.0 Å². The zero-order chi connectivity index (χ0) is 25.4. The van der Waals surface area contributed by atoms with Crippen LogP contribution in [0.5, 0.6) is 5.75 Å². The van der Waals surface area contributed by atoms with E-state index in [1.165, 1.54) is 30.3 Å². The maximum absolute atomic E-state index is 15.0. The minimum absolute atomic E-state index is 0.0224. The average Bonchev–Trinajstić information content (AvgIpc) is 3.73. The molecule has 1 saturated heterocycles. The summed E-state index contributed by atoms with van der Waals surface area (Å²) in [7, 11) is 0. The third kappa shape index (κ3) is 4.76. The van der Waals surface area contributed by atoms with E-state index in [9.17, 15) is 18.0 Å². The zero-order valence-electron chi connectivity index (χ0n) is 19.8. The summed E-state index contributed by atoms with van der Waals surface area (Å²) in [6, 6.07) is 11.4. The van der Waals surface area contributed by atoms with E-state index in [1.54, 1.807) is 12.1 Å². The van der Waals surface area contributed by atoms with E-state index in [0.717, 1.165) is 38.2 Å². The van der Waals surface area contributed by atoms with Gasteiger partial charge in [-0.25, -0.2) is 22.4 Å². The third-order valence-corrected chi connectivity index (χ3v) is 7.36. The van der Waals surface area contributed by atoms with Crippen molar-refractivity contribution in [1.82, 2.24) is 0 Å². The SMILES string of the molecule is CCC1CCC(c2ccc(-c3ccc(OC(=O)c4ccc(C5CO5)c(F)c4F)cc3)c(F)c2F)CC1. The van der Waals surface area contributed by atoms with Crippen LogP contribution in [0.3, 0.4) is 0 Å². The van der Waals surface area contributed by atoms with E-state index in [-0.39, 0.29) is 22.8 Å². The number of halogens is 4. The molecule has 5 rings (SSSR count). The summed E-state index contributed by atoms with van der Waals surface area (Å²) in [6.07, 6.45) is 4.39. The Balaban J connectivity index is 1.30. The summed E-state index contributed by atoms with van der Waals surface area (Å²) < 4.78 is 68.7. The number of benzene rings is 3. The van der Waals surface area contributed by atoms with Crippen molar-refractivity contribution in [3.63, 3.8) is 0 Å². The summed E-state index contributed by atoms with van der Waals surface area (Å²) in [5, 5.41) is 0. The van der Waals surface area contributed by atoms with Gasteiger partial charge in [0.15, 0.2) is 23.3 Å². The van der Waals surface area contributed by atoms with Gasteiger partial charge in [0.25, 0.3) is 0 Å². The van der Waals surface area contributed by atoms with Gasteiger partial charge in [0.1, 0.15) is 11.9 Å². The Labute approximate surface area is 207 Å². The Bertz CT molecular complexity index is 1280. The molecular formula is C29H26F4O3. The van der Waals surface area contributed by atoms with Gasteiger partial charge >= 0.3 is 5.97 Å². The number of carbonyl (C=O) groups excluding carboxylic acids is 1. The van der Waals surface area contributed by atoms with Crippen molar-refractivity contribution in [3.05, 3.63) is 88.5 Å². The first kappa shape index (κ1) is 24.5. The fraction of sp³-hybridized carbons (Fsp3) is 0.345. The number of carbonyl (C=O) groups is 1. The fourth-order valence-corrected chi connectivity index (χ4v) is 5.05. The molecule has 2 aliphatic rings. The highest BCUT2D eigenvalue weighted by molar-refractivity contribution is 5.91. The minimum atomic E-state index is -1.30. The maximum atomic E-state index is 15.0. The molecule has 0 aromatic heterocycles. The molecule has 0 spiro atoms. The highest BCUT2D eigenvalue weighted by Gasteiger charge is 2.31. The summed E-state index contributed by atoms with van der Waals surface area (Å²) in [4.78, 5) is 12.4. The Kier molecular flexibility index (Phi) is 6.84. The van der Waals surface area contributed by atoms with Gasteiger partial charge in [-0.05, 0) is 66.8 Å². The van der Waals surface area contributed by atoms with Crippen LogP contribution in [0, 0.1) is 29.2 Å². The third-order valence-electron chi connectivity index (χ3n) is 7.36. The van der Waals surface area contributed by atoms with Gasteiger partial charge < -0.3 is 9.47 Å². The average molecular weight is 499 g/mol. The first-order valence-electron chi connectivity index (χ1n) is 12.3. The van der Waals surface area contributed by atoms with E-state index in [0.29, 0.717) is 23.7 Å². The van der Waals surface area contributed by atoms with E-state index < -0.39 is 40.9 Å². The number of hydrogen-bond donors (Lipinski definition) is 0. The predicted octanol–water partition coefficient (Wildman–Crippen LogP) is 7.88. The highest BCUT2D eigenvalue weighted by Crippen LogP contribution is 2.40. The molecule has 0 N–H and O–H groups in total. The summed E-state index contributed by atoms with van der Waals surface area (Å²) in [5.41, 5.74) is 0.436. The largest absolute Gasteiger partial charge is 0.423 e. The van der Waals surface area contributed by atoms with Crippen molar-refractivity contribution >= 4 is 5.97 Å². The molecule has 0 radical (unpaired) electrons. The second-order valence-electron chi connectivity index (χ2n) is 9.52. The Morgan fingerprint density at radius 1 is 0.833 bits per heavy atom. The Morgan fingerprint density at radius 2 is 1.47 bits per heavy atom. The molecule has 0 amide bonds. The zero-order valence-corrected chi connectivity index (χ0v) is 19.8. The molecule has 1 atom stereocenters. The normalized spacial score (nSPS) is 21.3. The van der Waals surface area contributed by atoms with Gasteiger partial charge in [-0.1, -0.05) is 43.7 Å². The number of esters is 1. The summed E-state index contributed by atoms with van der Waals surface area (Å²) >= 11 is 0. The highest BCUT2D eigenvalue weighted by atomic mass is 19.2. The van der Waals surface area contributed by atoms with Crippen molar-refractivity contribution in [2.24, 2.45) is 5.92 Å². The van der Waals surface area contributed by atoms with Crippen LogP contribution < -0.4 is 4.74 Å². The van der Waals surface area contributed by atoms with Gasteiger partial charge in [-0.2, -0.15) is 0 Å². The van der Waals surface area contributed by atoms with Gasteiger partial charge in [0.05, 0.1) is 12.2 Å². The van der Waals surface area contributed by atoms with Gasteiger partial charge in [-0.15, -0.1) is 0 Å². The van der Waals surface area contributed by atoms with Crippen molar-refractivity contribution in [1.29, 1.82) is 0 Å². The molecule has 1 heterocycles. The second kappa shape index (κ2) is 10.1. The lowest BCUT2D eigenvalue weighted by molar-refractivity contribution is 0.0728. The first-order valence-corrected chi connectivity index (χ1v) is 12.3. The smallest absolute Gasteiger partial charge is 0.346 e. The van der Waals surface area contributed by atoms with Crippen molar-refractivity contribution in [3.8, 4) is 16.9 Å². The number of epoxide rings is 1. The summed E-state index contributed by atoms with van der Waals surface area (Å²) in [6.45, 7) is 2.46. The fourth-order valence-electron chi connectivity index (χ4n) is 5.05. The molecular weight excluding hydrogens is 472 g/mol. The quantitative estimate of drug-likeness (QED) is 0.150. The summed E-state index contributed by atoms with van der Waals surface area (Å²) in [5.74, 6) is -4.49. The predicted molar refractivity (Wildman–Crippen MR) is 127 cm³/mol. The standard InChI is InChI=1S/C29H26F4O3/c1-2-16-3-5-17(6-4-16)20-11-12-21(26(31)25(20)30)18-7-9-19(10-8-18)36-29(34)23-14-13-22(24-15-35-24)27(32)28(23)33/h7-14,16-17,24H,2-6,15H2,1H3. The number of ether oxygens (including phenoxy) is 2. The van der Waals surface area contributed by atoms with Gasteiger partial charge in [0.2, 0.25) is 0 Å². The molecule has 1 saturated carbocycles. The molecule has 0 bridgehead atoms. The molecule has 1 unspecified atom stereocenters. The van der Waals surface area contributed by atoms with Crippen LogP contribution in [-0.4, -0.2) is 12.6 Å². The Hall–Kier alpha value is -3.19. The molecule has 7 heteroatoms. The van der Waals surface area contributed by atoms with Gasteiger partial charge in [-0.3, -0.25) is 0 Å². The number of rotatable bonds is 6. The van der Waals surface area contributed by atoms with Crippen LogP contribution in [0.1, 0.15) is 72.5 Å². The second-order valence-corrected chi connectivity index (χ2v) is 9.52.